The fourth-order valence-corrected chi connectivity index (χ4v) is 3.77. The number of aromatic nitrogens is 2. The summed E-state index contributed by atoms with van der Waals surface area (Å²) in [6, 6.07) is 7.62. The minimum absolute atomic E-state index is 0.281. The highest BCUT2D eigenvalue weighted by Crippen LogP contribution is 2.30. The van der Waals surface area contributed by atoms with Crippen molar-refractivity contribution in [3.8, 4) is 5.88 Å². The molecule has 0 atom stereocenters. The molecule has 0 unspecified atom stereocenters. The molecule has 0 radical (unpaired) electrons. The van der Waals surface area contributed by atoms with Crippen molar-refractivity contribution in [1.82, 2.24) is 14.5 Å². The van der Waals surface area contributed by atoms with Gasteiger partial charge in [-0.15, -0.1) is 0 Å². The van der Waals surface area contributed by atoms with Gasteiger partial charge in [0.2, 0.25) is 5.88 Å². The number of nitrogens with zero attached hydrogens (tertiary/aromatic N) is 2. The largest absolute Gasteiger partial charge is 0.494 e. The number of Topliss-reactive ketones (excluding diaryl/α,β-unsaturated/α-hetero) is 1. The molecule has 3 N–H and O–H groups in total. The Morgan fingerprint density at radius 3 is 2.29 bits per heavy atom. The molecule has 10 nitrogen and oxygen atoms in total. The number of benzene rings is 1. The molecule has 0 aliphatic heterocycles. The van der Waals surface area contributed by atoms with Crippen LogP contribution >= 0.6 is 0 Å². The summed E-state index contributed by atoms with van der Waals surface area (Å²) in [5.74, 6) is -3.80. The number of aliphatic carboxylic acids is 1. The normalized spacial score (nSPS) is 14.2. The van der Waals surface area contributed by atoms with Gasteiger partial charge in [0.05, 0.1) is 6.54 Å². The lowest BCUT2D eigenvalue weighted by molar-refractivity contribution is -0.135. The first kappa shape index (κ1) is 22.0. The van der Waals surface area contributed by atoms with Crippen LogP contribution in [0.4, 0.5) is 0 Å². The molecule has 1 amide bonds. The van der Waals surface area contributed by atoms with Gasteiger partial charge in [-0.05, 0) is 12.8 Å². The summed E-state index contributed by atoms with van der Waals surface area (Å²) in [4.78, 5) is 62.0. The maximum atomic E-state index is 13.1. The maximum Gasteiger partial charge on any atom is 0.334 e. The number of ketones is 1. The predicted molar refractivity (Wildman–Crippen MR) is 109 cm³/mol. The van der Waals surface area contributed by atoms with Gasteiger partial charge >= 0.3 is 11.7 Å². The van der Waals surface area contributed by atoms with Crippen LogP contribution in [0, 0.1) is 0 Å². The van der Waals surface area contributed by atoms with E-state index < -0.39 is 59.5 Å². The third-order valence-electron chi connectivity index (χ3n) is 5.31. The monoisotopic (exact) mass is 429 g/mol. The van der Waals surface area contributed by atoms with Crippen LogP contribution in [0.2, 0.25) is 0 Å². The van der Waals surface area contributed by atoms with Gasteiger partial charge in [0.1, 0.15) is 6.54 Å². The molecule has 31 heavy (non-hydrogen) atoms. The predicted octanol–water partition coefficient (Wildman–Crippen LogP) is 0.918. The first-order valence-electron chi connectivity index (χ1n) is 9.97. The molecule has 1 heterocycles. The summed E-state index contributed by atoms with van der Waals surface area (Å²) in [6.07, 6.45) is 3.70. The Kier molecular flexibility index (Phi) is 6.68. The van der Waals surface area contributed by atoms with Crippen LogP contribution in [-0.4, -0.2) is 43.6 Å². The van der Waals surface area contributed by atoms with E-state index in [0.717, 1.165) is 23.8 Å². The second-order valence-electron chi connectivity index (χ2n) is 7.40. The van der Waals surface area contributed by atoms with Crippen molar-refractivity contribution in [3.05, 3.63) is 62.3 Å². The number of hydrogen-bond acceptors (Lipinski definition) is 6. The van der Waals surface area contributed by atoms with Gasteiger partial charge in [0.25, 0.3) is 11.5 Å². The lowest BCUT2D eigenvalue weighted by Crippen LogP contribution is -2.47. The van der Waals surface area contributed by atoms with E-state index in [-0.39, 0.29) is 5.56 Å². The van der Waals surface area contributed by atoms with E-state index in [4.69, 9.17) is 5.11 Å². The lowest BCUT2D eigenvalue weighted by Gasteiger charge is -2.26. The summed E-state index contributed by atoms with van der Waals surface area (Å²) in [6.45, 7) is -1.39. The molecular formula is C21H23N3O7. The second kappa shape index (κ2) is 9.41. The standard InChI is InChI=1S/C21H23N3O7/c25-15(13-7-3-1-4-8-13)12-23-19(29)17(18(28)22-11-16(26)27)20(30)24(21(23)31)14-9-5-2-6-10-14/h1,3-4,7-8,14,30H,2,5-6,9-12H2,(H,22,28)(H,26,27). The fourth-order valence-electron chi connectivity index (χ4n) is 3.77. The number of carboxylic acids is 1. The molecule has 3 rings (SSSR count). The van der Waals surface area contributed by atoms with E-state index in [0.29, 0.717) is 17.4 Å². The van der Waals surface area contributed by atoms with Gasteiger partial charge in [0.15, 0.2) is 11.3 Å². The van der Waals surface area contributed by atoms with Crippen LogP contribution in [-0.2, 0) is 11.3 Å². The van der Waals surface area contributed by atoms with E-state index in [1.165, 1.54) is 12.1 Å². The highest BCUT2D eigenvalue weighted by molar-refractivity contribution is 5.98. The third kappa shape index (κ3) is 4.73. The molecular weight excluding hydrogens is 406 g/mol. The number of rotatable bonds is 7. The molecule has 164 valence electrons. The molecule has 1 saturated carbocycles. The van der Waals surface area contributed by atoms with Crippen molar-refractivity contribution in [1.29, 1.82) is 0 Å². The van der Waals surface area contributed by atoms with Crippen molar-refractivity contribution in [2.45, 2.75) is 44.7 Å². The van der Waals surface area contributed by atoms with E-state index in [2.05, 4.69) is 0 Å². The van der Waals surface area contributed by atoms with Gasteiger partial charge in [-0.3, -0.25) is 28.3 Å². The Morgan fingerprint density at radius 1 is 1.03 bits per heavy atom. The van der Waals surface area contributed by atoms with Gasteiger partial charge in [-0.25, -0.2) is 4.79 Å². The highest BCUT2D eigenvalue weighted by Gasteiger charge is 2.29. The molecule has 1 aromatic carbocycles. The SMILES string of the molecule is O=C(O)CNC(=O)c1c(O)n(C2CCCCC2)c(=O)n(CC(=O)c2ccccc2)c1=O. The van der Waals surface area contributed by atoms with Crippen molar-refractivity contribution in [2.24, 2.45) is 0 Å². The zero-order valence-electron chi connectivity index (χ0n) is 16.7. The topological polar surface area (TPSA) is 148 Å². The van der Waals surface area contributed by atoms with Crippen LogP contribution in [0.1, 0.15) is 58.9 Å². The van der Waals surface area contributed by atoms with Crippen LogP contribution in [0.3, 0.4) is 0 Å². The molecule has 1 aromatic heterocycles. The smallest absolute Gasteiger partial charge is 0.334 e. The van der Waals surface area contributed by atoms with Crippen LogP contribution in [0.5, 0.6) is 5.88 Å². The Hall–Kier alpha value is -3.69. The van der Waals surface area contributed by atoms with Crippen molar-refractivity contribution in [3.63, 3.8) is 0 Å². The Balaban J connectivity index is 2.12. The lowest BCUT2D eigenvalue weighted by atomic mass is 9.95. The zero-order chi connectivity index (χ0) is 22.5. The summed E-state index contributed by atoms with van der Waals surface area (Å²) < 4.78 is 1.61. The number of hydrogen-bond donors (Lipinski definition) is 3. The average molecular weight is 429 g/mol. The van der Waals surface area contributed by atoms with Gasteiger partial charge in [-0.1, -0.05) is 49.6 Å². The van der Waals surface area contributed by atoms with Gasteiger partial charge in [-0.2, -0.15) is 0 Å². The molecule has 0 spiro atoms. The minimum atomic E-state index is -1.34. The maximum absolute atomic E-state index is 13.1. The van der Waals surface area contributed by atoms with E-state index >= 15 is 0 Å². The number of carbonyl (C=O) groups is 3. The van der Waals surface area contributed by atoms with Crippen LogP contribution < -0.4 is 16.6 Å². The first-order valence-corrected chi connectivity index (χ1v) is 9.97. The quantitative estimate of drug-likeness (QED) is 0.554. The number of amides is 1. The summed E-state index contributed by atoms with van der Waals surface area (Å²) in [7, 11) is 0. The highest BCUT2D eigenvalue weighted by atomic mass is 16.4. The number of carboxylic acid groups (broad SMARTS) is 1. The van der Waals surface area contributed by atoms with Crippen LogP contribution in [0.25, 0.3) is 0 Å². The third-order valence-corrected chi connectivity index (χ3v) is 5.31. The first-order chi connectivity index (χ1) is 14.8. The summed E-state index contributed by atoms with van der Waals surface area (Å²) >= 11 is 0. The molecule has 1 fully saturated rings. The van der Waals surface area contributed by atoms with Crippen LogP contribution in [0.15, 0.2) is 39.9 Å². The molecule has 2 aromatic rings. The van der Waals surface area contributed by atoms with Crippen molar-refractivity contribution < 1.29 is 24.6 Å². The fraction of sp³-hybridized carbons (Fsp3) is 0.381. The molecule has 1 aliphatic rings. The van der Waals surface area contributed by atoms with Gasteiger partial charge in [0, 0.05) is 11.6 Å². The molecule has 0 bridgehead atoms. The minimum Gasteiger partial charge on any atom is -0.494 e. The number of nitrogens with one attached hydrogen (secondary N) is 1. The van der Waals surface area contributed by atoms with Crippen molar-refractivity contribution in [2.75, 3.05) is 6.54 Å². The molecule has 0 saturated heterocycles. The molecule has 1 aliphatic carbocycles. The van der Waals surface area contributed by atoms with Gasteiger partial charge < -0.3 is 15.5 Å². The Morgan fingerprint density at radius 2 is 1.68 bits per heavy atom. The molecule has 10 heteroatoms. The van der Waals surface area contributed by atoms with E-state index in [1.54, 1.807) is 18.2 Å². The summed E-state index contributed by atoms with van der Waals surface area (Å²) in [5, 5.41) is 21.5. The number of aromatic hydroxyl groups is 1. The van der Waals surface area contributed by atoms with E-state index in [1.807, 2.05) is 5.32 Å². The second-order valence-corrected chi connectivity index (χ2v) is 7.40. The number of carbonyl (C=O) groups excluding carboxylic acids is 2. The Bertz CT molecular complexity index is 1110. The summed E-state index contributed by atoms with van der Waals surface area (Å²) in [5.41, 5.74) is -2.51. The van der Waals surface area contributed by atoms with Crippen molar-refractivity contribution >= 4 is 17.7 Å². The zero-order valence-corrected chi connectivity index (χ0v) is 16.7. The Labute approximate surface area is 176 Å². The van der Waals surface area contributed by atoms with E-state index in [9.17, 15) is 29.1 Å². The average Bonchev–Trinajstić information content (AvgIpc) is 2.76.